The van der Waals surface area contributed by atoms with E-state index in [-0.39, 0.29) is 11.6 Å². The molecular formula is C15H14BrFN2O. The Morgan fingerprint density at radius 1 is 1.25 bits per heavy atom. The third kappa shape index (κ3) is 3.36. The van der Waals surface area contributed by atoms with Crippen LogP contribution in [0.15, 0.2) is 46.9 Å². The predicted octanol–water partition coefficient (Wildman–Crippen LogP) is 3.66. The van der Waals surface area contributed by atoms with Crippen LogP contribution in [0.1, 0.15) is 28.9 Å². The molecule has 3 N–H and O–H groups in total. The molecule has 1 amide bonds. The molecule has 2 aromatic rings. The van der Waals surface area contributed by atoms with Crippen molar-refractivity contribution in [2.75, 3.05) is 5.73 Å². The Hall–Kier alpha value is -1.88. The van der Waals surface area contributed by atoms with Crippen LogP contribution in [0.3, 0.4) is 0 Å². The molecular weight excluding hydrogens is 323 g/mol. The number of hydrogen-bond acceptors (Lipinski definition) is 2. The fourth-order valence-corrected chi connectivity index (χ4v) is 2.17. The van der Waals surface area contributed by atoms with Crippen LogP contribution in [0.5, 0.6) is 0 Å². The van der Waals surface area contributed by atoms with Gasteiger partial charge in [-0.1, -0.05) is 28.1 Å². The van der Waals surface area contributed by atoms with E-state index in [2.05, 4.69) is 21.2 Å². The quantitative estimate of drug-likeness (QED) is 0.840. The zero-order valence-corrected chi connectivity index (χ0v) is 12.4. The molecule has 0 saturated carbocycles. The molecule has 104 valence electrons. The number of carbonyl (C=O) groups excluding carboxylic acids is 1. The van der Waals surface area contributed by atoms with Crippen molar-refractivity contribution < 1.29 is 9.18 Å². The fraction of sp³-hybridized carbons (Fsp3) is 0.133. The molecule has 3 nitrogen and oxygen atoms in total. The summed E-state index contributed by atoms with van der Waals surface area (Å²) < 4.78 is 14.3. The molecule has 0 aliphatic carbocycles. The number of anilines is 1. The first kappa shape index (κ1) is 14.5. The Kier molecular flexibility index (Phi) is 4.39. The summed E-state index contributed by atoms with van der Waals surface area (Å²) in [6, 6.07) is 11.2. The molecule has 0 aliphatic heterocycles. The van der Waals surface area contributed by atoms with E-state index in [9.17, 15) is 9.18 Å². The summed E-state index contributed by atoms with van der Waals surface area (Å²) in [5.41, 5.74) is 7.19. The first-order valence-electron chi connectivity index (χ1n) is 6.08. The van der Waals surface area contributed by atoms with E-state index in [4.69, 9.17) is 5.73 Å². The second-order valence-electron chi connectivity index (χ2n) is 4.49. The van der Waals surface area contributed by atoms with Gasteiger partial charge in [0.15, 0.2) is 0 Å². The topological polar surface area (TPSA) is 55.1 Å². The van der Waals surface area contributed by atoms with Gasteiger partial charge in [-0.15, -0.1) is 0 Å². The zero-order valence-electron chi connectivity index (χ0n) is 10.9. The number of rotatable bonds is 3. The summed E-state index contributed by atoms with van der Waals surface area (Å²) in [4.78, 5) is 12.1. The summed E-state index contributed by atoms with van der Waals surface area (Å²) in [7, 11) is 0. The van der Waals surface area contributed by atoms with Crippen LogP contribution in [-0.4, -0.2) is 5.91 Å². The van der Waals surface area contributed by atoms with E-state index in [1.165, 1.54) is 12.1 Å². The maximum atomic E-state index is 13.6. The highest BCUT2D eigenvalue weighted by atomic mass is 79.9. The van der Waals surface area contributed by atoms with E-state index in [0.717, 1.165) is 5.56 Å². The van der Waals surface area contributed by atoms with Gasteiger partial charge in [-0.25, -0.2) is 4.39 Å². The normalized spacial score (nSPS) is 11.9. The molecule has 0 radical (unpaired) electrons. The number of amides is 1. The Labute approximate surface area is 125 Å². The standard InChI is InChI=1S/C15H14BrFN2O/c1-9(10-2-5-12(18)6-3-10)19-15(20)13-8-11(16)4-7-14(13)17/h2-9H,18H2,1H3,(H,19,20). The van der Waals surface area contributed by atoms with Crippen LogP contribution in [0.2, 0.25) is 0 Å². The van der Waals surface area contributed by atoms with Gasteiger partial charge in [0.25, 0.3) is 5.91 Å². The Balaban J connectivity index is 2.15. The van der Waals surface area contributed by atoms with Gasteiger partial charge in [-0.3, -0.25) is 4.79 Å². The molecule has 1 atom stereocenters. The van der Waals surface area contributed by atoms with Crippen LogP contribution >= 0.6 is 15.9 Å². The highest BCUT2D eigenvalue weighted by molar-refractivity contribution is 9.10. The van der Waals surface area contributed by atoms with Crippen molar-refractivity contribution in [2.24, 2.45) is 0 Å². The first-order valence-corrected chi connectivity index (χ1v) is 6.88. The van der Waals surface area contributed by atoms with E-state index in [1.54, 1.807) is 18.2 Å². The Bertz CT molecular complexity index is 628. The number of nitrogens with one attached hydrogen (secondary N) is 1. The van der Waals surface area contributed by atoms with E-state index < -0.39 is 11.7 Å². The monoisotopic (exact) mass is 336 g/mol. The van der Waals surface area contributed by atoms with Crippen LogP contribution in [0, 0.1) is 5.82 Å². The predicted molar refractivity (Wildman–Crippen MR) is 80.8 cm³/mol. The van der Waals surface area contributed by atoms with Gasteiger partial charge in [0.2, 0.25) is 0 Å². The summed E-state index contributed by atoms with van der Waals surface area (Å²) in [5, 5.41) is 2.76. The van der Waals surface area contributed by atoms with Crippen molar-refractivity contribution in [3.63, 3.8) is 0 Å². The average Bonchev–Trinajstić information content (AvgIpc) is 2.42. The maximum absolute atomic E-state index is 13.6. The van der Waals surface area contributed by atoms with Crippen LogP contribution < -0.4 is 11.1 Å². The van der Waals surface area contributed by atoms with Crippen molar-refractivity contribution in [3.05, 3.63) is 63.9 Å². The van der Waals surface area contributed by atoms with Crippen molar-refractivity contribution in [1.82, 2.24) is 5.32 Å². The summed E-state index contributed by atoms with van der Waals surface area (Å²) in [5.74, 6) is -0.997. The number of benzene rings is 2. The highest BCUT2D eigenvalue weighted by Crippen LogP contribution is 2.18. The summed E-state index contributed by atoms with van der Waals surface area (Å²) in [6.45, 7) is 1.83. The lowest BCUT2D eigenvalue weighted by Crippen LogP contribution is -2.27. The zero-order chi connectivity index (χ0) is 14.7. The van der Waals surface area contributed by atoms with Crippen molar-refractivity contribution in [1.29, 1.82) is 0 Å². The number of halogens is 2. The largest absolute Gasteiger partial charge is 0.399 e. The molecule has 0 heterocycles. The second kappa shape index (κ2) is 6.05. The minimum atomic E-state index is -0.546. The molecule has 0 aromatic heterocycles. The molecule has 20 heavy (non-hydrogen) atoms. The van der Waals surface area contributed by atoms with Crippen LogP contribution in [0.25, 0.3) is 0 Å². The average molecular weight is 337 g/mol. The maximum Gasteiger partial charge on any atom is 0.254 e. The van der Waals surface area contributed by atoms with Crippen molar-refractivity contribution in [2.45, 2.75) is 13.0 Å². The van der Waals surface area contributed by atoms with Gasteiger partial charge in [0.05, 0.1) is 11.6 Å². The van der Waals surface area contributed by atoms with Gasteiger partial charge >= 0.3 is 0 Å². The number of nitrogens with two attached hydrogens (primary N) is 1. The molecule has 0 spiro atoms. The Morgan fingerprint density at radius 3 is 2.55 bits per heavy atom. The van der Waals surface area contributed by atoms with Gasteiger partial charge in [-0.2, -0.15) is 0 Å². The van der Waals surface area contributed by atoms with Crippen LogP contribution in [0.4, 0.5) is 10.1 Å². The summed E-state index contributed by atoms with van der Waals surface area (Å²) >= 11 is 3.22. The Morgan fingerprint density at radius 2 is 1.90 bits per heavy atom. The van der Waals surface area contributed by atoms with Crippen LogP contribution in [-0.2, 0) is 0 Å². The third-order valence-corrected chi connectivity index (χ3v) is 3.45. The number of nitrogen functional groups attached to an aromatic ring is 1. The lowest BCUT2D eigenvalue weighted by Gasteiger charge is -2.15. The molecule has 0 saturated heterocycles. The van der Waals surface area contributed by atoms with E-state index in [1.807, 2.05) is 19.1 Å². The highest BCUT2D eigenvalue weighted by Gasteiger charge is 2.15. The lowest BCUT2D eigenvalue weighted by atomic mass is 10.1. The van der Waals surface area contributed by atoms with Gasteiger partial charge in [0, 0.05) is 10.2 Å². The van der Waals surface area contributed by atoms with Crippen molar-refractivity contribution >= 4 is 27.5 Å². The first-order chi connectivity index (χ1) is 9.47. The van der Waals surface area contributed by atoms with Gasteiger partial charge < -0.3 is 11.1 Å². The second-order valence-corrected chi connectivity index (χ2v) is 5.40. The molecule has 2 aromatic carbocycles. The number of carbonyl (C=O) groups is 1. The minimum absolute atomic E-state index is 0.0154. The number of hydrogen-bond donors (Lipinski definition) is 2. The van der Waals surface area contributed by atoms with Gasteiger partial charge in [0.1, 0.15) is 5.82 Å². The molecule has 0 bridgehead atoms. The smallest absolute Gasteiger partial charge is 0.254 e. The van der Waals surface area contributed by atoms with E-state index >= 15 is 0 Å². The molecule has 2 rings (SSSR count). The minimum Gasteiger partial charge on any atom is -0.399 e. The SMILES string of the molecule is CC(NC(=O)c1cc(Br)ccc1F)c1ccc(N)cc1. The molecule has 0 aliphatic rings. The third-order valence-electron chi connectivity index (χ3n) is 2.96. The molecule has 5 heteroatoms. The molecule has 1 unspecified atom stereocenters. The fourth-order valence-electron chi connectivity index (χ4n) is 1.81. The molecule has 0 fully saturated rings. The van der Waals surface area contributed by atoms with Crippen molar-refractivity contribution in [3.8, 4) is 0 Å². The summed E-state index contributed by atoms with van der Waals surface area (Å²) in [6.07, 6.45) is 0. The van der Waals surface area contributed by atoms with E-state index in [0.29, 0.717) is 10.2 Å². The lowest BCUT2D eigenvalue weighted by molar-refractivity contribution is 0.0936. The van der Waals surface area contributed by atoms with Gasteiger partial charge in [-0.05, 0) is 42.8 Å².